The van der Waals surface area contributed by atoms with E-state index in [0.29, 0.717) is 17.8 Å². The Morgan fingerprint density at radius 1 is 1.10 bits per heavy atom. The largest absolute Gasteiger partial charge is 0.402 e. The minimum Gasteiger partial charge on any atom is -0.402 e. The Bertz CT molecular complexity index is 1610. The predicted molar refractivity (Wildman–Crippen MR) is 174 cm³/mol. The SMILES string of the molecule is C=C(N)C1CCN(CC(=C)N2CCC(c3ccc4[nH]c(-c5cn6ncnc6c(C)c5CC)c(C(C)C)c4c3)CC2)CC1. The van der Waals surface area contributed by atoms with Crippen LogP contribution in [0.15, 0.2) is 55.3 Å². The first-order valence-corrected chi connectivity index (χ1v) is 15.8. The van der Waals surface area contributed by atoms with E-state index < -0.39 is 0 Å². The lowest BCUT2D eigenvalue weighted by atomic mass is 9.87. The van der Waals surface area contributed by atoms with Gasteiger partial charge < -0.3 is 15.6 Å². The van der Waals surface area contributed by atoms with E-state index in [1.54, 1.807) is 6.33 Å². The lowest BCUT2D eigenvalue weighted by molar-refractivity contribution is 0.181. The zero-order valence-corrected chi connectivity index (χ0v) is 25.9. The number of aromatic nitrogens is 4. The van der Waals surface area contributed by atoms with Crippen molar-refractivity contribution in [2.45, 2.75) is 71.6 Å². The second kappa shape index (κ2) is 11.6. The molecule has 7 heteroatoms. The van der Waals surface area contributed by atoms with Gasteiger partial charge in [0.25, 0.3) is 0 Å². The topological polar surface area (TPSA) is 78.5 Å². The molecule has 0 aliphatic carbocycles. The van der Waals surface area contributed by atoms with E-state index in [1.165, 1.54) is 50.1 Å². The van der Waals surface area contributed by atoms with Crippen LogP contribution in [-0.2, 0) is 6.42 Å². The number of hydrogen-bond acceptors (Lipinski definition) is 5. The number of aromatic amines is 1. The Labute approximate surface area is 250 Å². The van der Waals surface area contributed by atoms with E-state index in [1.807, 2.05) is 4.52 Å². The molecule has 0 radical (unpaired) electrons. The number of aryl methyl sites for hydroxylation is 1. The molecule has 2 saturated heterocycles. The summed E-state index contributed by atoms with van der Waals surface area (Å²) in [5, 5.41) is 5.83. The van der Waals surface area contributed by atoms with Crippen LogP contribution >= 0.6 is 0 Å². The minimum atomic E-state index is 0.388. The second-order valence-corrected chi connectivity index (χ2v) is 12.9. The van der Waals surface area contributed by atoms with Crippen LogP contribution in [0.2, 0.25) is 0 Å². The second-order valence-electron chi connectivity index (χ2n) is 12.9. The van der Waals surface area contributed by atoms with E-state index in [-0.39, 0.29) is 0 Å². The van der Waals surface area contributed by atoms with Crippen molar-refractivity contribution in [2.24, 2.45) is 11.7 Å². The molecule has 0 spiro atoms. The number of benzene rings is 1. The number of pyridine rings is 1. The molecule has 2 fully saturated rings. The van der Waals surface area contributed by atoms with Gasteiger partial charge in [0, 0.05) is 59.6 Å². The van der Waals surface area contributed by atoms with Gasteiger partial charge in [-0.25, -0.2) is 9.50 Å². The predicted octanol–water partition coefficient (Wildman–Crippen LogP) is 6.75. The third kappa shape index (κ3) is 5.24. The summed E-state index contributed by atoms with van der Waals surface area (Å²) < 4.78 is 1.92. The minimum absolute atomic E-state index is 0.388. The van der Waals surface area contributed by atoms with Crippen molar-refractivity contribution in [3.63, 3.8) is 0 Å². The fraction of sp³-hybridized carbons (Fsp3) is 0.486. The van der Waals surface area contributed by atoms with Crippen LogP contribution in [0.4, 0.5) is 0 Å². The first-order valence-electron chi connectivity index (χ1n) is 15.8. The summed E-state index contributed by atoms with van der Waals surface area (Å²) in [5.41, 5.74) is 18.1. The van der Waals surface area contributed by atoms with Crippen LogP contribution in [0.5, 0.6) is 0 Å². The van der Waals surface area contributed by atoms with Gasteiger partial charge in [0.05, 0.1) is 5.69 Å². The molecule has 42 heavy (non-hydrogen) atoms. The third-order valence-electron chi connectivity index (χ3n) is 9.93. The maximum Gasteiger partial charge on any atom is 0.158 e. The standard InChI is InChI=1S/C35H47N7/c1-7-29-24(5)35-37-21-38-42(35)20-31(29)34-33(22(2)3)30-18-28(8-9-32(30)39-34)27-12-16-41(17-13-27)23(4)19-40-14-10-26(11-15-40)25(6)36/h8-9,18,20-22,26-27,39H,4,6-7,10-17,19,36H2,1-3,5H3. The molecule has 5 heterocycles. The van der Waals surface area contributed by atoms with Crippen molar-refractivity contribution in [3.8, 4) is 11.3 Å². The first kappa shape index (κ1) is 28.5. The van der Waals surface area contributed by atoms with Crippen molar-refractivity contribution in [1.29, 1.82) is 0 Å². The van der Waals surface area contributed by atoms with E-state index >= 15 is 0 Å². The van der Waals surface area contributed by atoms with Crippen LogP contribution in [0, 0.1) is 12.8 Å². The number of likely N-dealkylation sites (tertiary alicyclic amines) is 2. The molecular formula is C35H47N7. The Hall–Kier alpha value is -3.58. The molecule has 0 saturated carbocycles. The quantitative estimate of drug-likeness (QED) is 0.247. The third-order valence-corrected chi connectivity index (χ3v) is 9.93. The summed E-state index contributed by atoms with van der Waals surface area (Å²) in [6.45, 7) is 22.7. The van der Waals surface area contributed by atoms with Crippen molar-refractivity contribution in [3.05, 3.63) is 77.5 Å². The van der Waals surface area contributed by atoms with Crippen LogP contribution in [0.25, 0.3) is 27.8 Å². The average molecular weight is 566 g/mol. The molecule has 3 aromatic heterocycles. The van der Waals surface area contributed by atoms with Crippen LogP contribution in [0.1, 0.15) is 80.5 Å². The molecule has 1 aromatic carbocycles. The normalized spacial score (nSPS) is 17.6. The van der Waals surface area contributed by atoms with Gasteiger partial charge in [-0.1, -0.05) is 40.0 Å². The highest BCUT2D eigenvalue weighted by molar-refractivity contribution is 5.92. The van der Waals surface area contributed by atoms with Crippen molar-refractivity contribution >= 4 is 16.6 Å². The van der Waals surface area contributed by atoms with E-state index in [0.717, 1.165) is 76.2 Å². The number of piperidine rings is 2. The highest BCUT2D eigenvalue weighted by Gasteiger charge is 2.26. The number of H-pyrrole nitrogens is 1. The molecular weight excluding hydrogens is 518 g/mol. The molecule has 7 nitrogen and oxygen atoms in total. The monoisotopic (exact) mass is 565 g/mol. The Morgan fingerprint density at radius 2 is 1.83 bits per heavy atom. The zero-order chi connectivity index (χ0) is 29.5. The van der Waals surface area contributed by atoms with E-state index in [4.69, 9.17) is 5.73 Å². The van der Waals surface area contributed by atoms with Gasteiger partial charge in [0.1, 0.15) is 6.33 Å². The highest BCUT2D eigenvalue weighted by Crippen LogP contribution is 2.40. The van der Waals surface area contributed by atoms with Gasteiger partial charge in [0.2, 0.25) is 0 Å². The van der Waals surface area contributed by atoms with Crippen LogP contribution in [-0.4, -0.2) is 62.1 Å². The molecule has 2 aliphatic rings. The number of rotatable bonds is 8. The Balaban J connectivity index is 1.20. The van der Waals surface area contributed by atoms with Gasteiger partial charge >= 0.3 is 0 Å². The molecule has 4 aromatic rings. The Morgan fingerprint density at radius 3 is 2.50 bits per heavy atom. The molecule has 6 rings (SSSR count). The molecule has 3 N–H and O–H groups in total. The summed E-state index contributed by atoms with van der Waals surface area (Å²) in [5.74, 6) is 1.44. The van der Waals surface area contributed by atoms with Crippen molar-refractivity contribution in [2.75, 3.05) is 32.7 Å². The Kier molecular flexibility index (Phi) is 7.88. The van der Waals surface area contributed by atoms with E-state index in [9.17, 15) is 0 Å². The summed E-state index contributed by atoms with van der Waals surface area (Å²) in [4.78, 5) is 13.4. The lowest BCUT2D eigenvalue weighted by Gasteiger charge is -2.38. The number of nitrogens with zero attached hydrogens (tertiary/aromatic N) is 5. The average Bonchev–Trinajstić information content (AvgIpc) is 3.62. The molecule has 2 aliphatic heterocycles. The summed E-state index contributed by atoms with van der Waals surface area (Å²) in [6.07, 6.45) is 9.31. The molecule has 0 amide bonds. The maximum absolute atomic E-state index is 5.96. The fourth-order valence-electron chi connectivity index (χ4n) is 7.47. The molecule has 0 atom stereocenters. The van der Waals surface area contributed by atoms with E-state index in [2.05, 4.69) is 90.1 Å². The number of nitrogens with one attached hydrogen (secondary N) is 1. The van der Waals surface area contributed by atoms with Gasteiger partial charge in [-0.3, -0.25) is 4.90 Å². The van der Waals surface area contributed by atoms with Gasteiger partial charge in [-0.2, -0.15) is 5.10 Å². The first-order chi connectivity index (χ1) is 20.2. The molecule has 0 bridgehead atoms. The highest BCUT2D eigenvalue weighted by atomic mass is 15.3. The van der Waals surface area contributed by atoms with Gasteiger partial charge in [0.15, 0.2) is 5.65 Å². The molecule has 0 unspecified atom stereocenters. The van der Waals surface area contributed by atoms with Crippen molar-refractivity contribution in [1.82, 2.24) is 29.4 Å². The summed E-state index contributed by atoms with van der Waals surface area (Å²) in [7, 11) is 0. The smallest absolute Gasteiger partial charge is 0.158 e. The maximum atomic E-state index is 5.96. The fourth-order valence-corrected chi connectivity index (χ4v) is 7.47. The number of nitrogens with two attached hydrogens (primary N) is 1. The lowest BCUT2D eigenvalue weighted by Crippen LogP contribution is -2.41. The summed E-state index contributed by atoms with van der Waals surface area (Å²) >= 11 is 0. The van der Waals surface area contributed by atoms with Crippen LogP contribution in [0.3, 0.4) is 0 Å². The summed E-state index contributed by atoms with van der Waals surface area (Å²) in [6, 6.07) is 7.13. The zero-order valence-electron chi connectivity index (χ0n) is 25.9. The van der Waals surface area contributed by atoms with Crippen molar-refractivity contribution < 1.29 is 0 Å². The van der Waals surface area contributed by atoms with Crippen LogP contribution < -0.4 is 5.73 Å². The molecule has 222 valence electrons. The number of fused-ring (bicyclic) bond motifs is 2. The number of hydrogen-bond donors (Lipinski definition) is 2. The number of allylic oxidation sites excluding steroid dienone is 1. The van der Waals surface area contributed by atoms with Gasteiger partial charge in [-0.05, 0) is 98.3 Å². The van der Waals surface area contributed by atoms with Gasteiger partial charge in [-0.15, -0.1) is 0 Å².